The van der Waals surface area contributed by atoms with E-state index in [0.29, 0.717) is 10.3 Å². The summed E-state index contributed by atoms with van der Waals surface area (Å²) in [7, 11) is 0. The zero-order chi connectivity index (χ0) is 15.1. The van der Waals surface area contributed by atoms with Crippen LogP contribution < -0.4 is 4.90 Å². The molecule has 0 bridgehead atoms. The van der Waals surface area contributed by atoms with E-state index in [-0.39, 0.29) is 0 Å². The van der Waals surface area contributed by atoms with Gasteiger partial charge in [0.1, 0.15) is 11.6 Å². The fraction of sp³-hybridized carbons (Fsp3) is 0.250. The molecule has 1 aliphatic rings. The molecule has 0 spiro atoms. The van der Waals surface area contributed by atoms with Crippen molar-refractivity contribution in [3.05, 3.63) is 41.6 Å². The van der Waals surface area contributed by atoms with Gasteiger partial charge in [0.2, 0.25) is 0 Å². The predicted molar refractivity (Wildman–Crippen MR) is 93.9 cm³/mol. The van der Waals surface area contributed by atoms with Gasteiger partial charge in [0.25, 0.3) is 0 Å². The summed E-state index contributed by atoms with van der Waals surface area (Å²) in [5.41, 5.74) is 2.82. The maximum absolute atomic E-state index is 6.34. The minimum atomic E-state index is 0.409. The van der Waals surface area contributed by atoms with Crippen molar-refractivity contribution in [1.29, 1.82) is 0 Å². The first kappa shape index (κ1) is 13.9. The van der Waals surface area contributed by atoms with Crippen LogP contribution in [-0.2, 0) is 0 Å². The number of pyridine rings is 1. The van der Waals surface area contributed by atoms with Gasteiger partial charge in [-0.25, -0.2) is 9.97 Å². The lowest BCUT2D eigenvalue weighted by atomic mass is 10.2. The molecule has 1 atom stereocenters. The standard InChI is InChI=1S/C16H15ClN4S/c17-12-8-18-15(21-6-5-10(22)9-21)7-11(12)16-19-13-3-1-2-4-14(13)20-16/h1-4,7-8,10,22H,5-6,9H2,(H,19,20). The maximum atomic E-state index is 6.34. The average Bonchev–Trinajstić information content (AvgIpc) is 3.13. The van der Waals surface area contributed by atoms with E-state index in [1.807, 2.05) is 30.3 Å². The minimum Gasteiger partial charge on any atom is -0.355 e. The molecule has 1 aromatic carbocycles. The fourth-order valence-corrected chi connectivity index (χ4v) is 3.32. The molecule has 1 unspecified atom stereocenters. The molecule has 6 heteroatoms. The molecule has 1 aliphatic heterocycles. The van der Waals surface area contributed by atoms with Crippen molar-refractivity contribution < 1.29 is 0 Å². The summed E-state index contributed by atoms with van der Waals surface area (Å²) in [5, 5.41) is 1.01. The van der Waals surface area contributed by atoms with Crippen LogP contribution in [0, 0.1) is 0 Å². The molecule has 1 N–H and O–H groups in total. The molecule has 0 radical (unpaired) electrons. The number of benzene rings is 1. The van der Waals surface area contributed by atoms with Crippen molar-refractivity contribution in [1.82, 2.24) is 15.0 Å². The Balaban J connectivity index is 1.77. The number of rotatable bonds is 2. The Morgan fingerprint density at radius 1 is 1.32 bits per heavy atom. The number of anilines is 1. The number of para-hydroxylation sites is 2. The molecule has 4 rings (SSSR count). The van der Waals surface area contributed by atoms with Crippen LogP contribution in [0.4, 0.5) is 5.82 Å². The van der Waals surface area contributed by atoms with Crippen molar-refractivity contribution in [2.45, 2.75) is 11.7 Å². The molecule has 0 saturated carbocycles. The topological polar surface area (TPSA) is 44.8 Å². The number of hydrogen-bond acceptors (Lipinski definition) is 4. The van der Waals surface area contributed by atoms with E-state index in [0.717, 1.165) is 47.7 Å². The van der Waals surface area contributed by atoms with Crippen molar-refractivity contribution in [3.8, 4) is 11.4 Å². The number of nitrogens with zero attached hydrogens (tertiary/aromatic N) is 3. The number of thiol groups is 1. The van der Waals surface area contributed by atoms with Gasteiger partial charge in [-0.3, -0.25) is 0 Å². The van der Waals surface area contributed by atoms with Gasteiger partial charge in [-0.15, -0.1) is 0 Å². The number of halogens is 1. The van der Waals surface area contributed by atoms with E-state index in [1.54, 1.807) is 6.20 Å². The van der Waals surface area contributed by atoms with Crippen molar-refractivity contribution in [2.24, 2.45) is 0 Å². The van der Waals surface area contributed by atoms with E-state index in [9.17, 15) is 0 Å². The minimum absolute atomic E-state index is 0.409. The lowest BCUT2D eigenvalue weighted by Crippen LogP contribution is -2.20. The summed E-state index contributed by atoms with van der Waals surface area (Å²) >= 11 is 10.9. The fourth-order valence-electron chi connectivity index (χ4n) is 2.81. The van der Waals surface area contributed by atoms with E-state index in [2.05, 4.69) is 32.5 Å². The van der Waals surface area contributed by atoms with Crippen LogP contribution in [0.1, 0.15) is 6.42 Å². The molecule has 0 aliphatic carbocycles. The SMILES string of the molecule is SC1CCN(c2cc(-c3nc4ccccc4[nH]3)c(Cl)cn2)C1. The highest BCUT2D eigenvalue weighted by molar-refractivity contribution is 7.81. The number of nitrogens with one attached hydrogen (secondary N) is 1. The smallest absolute Gasteiger partial charge is 0.140 e. The van der Waals surface area contributed by atoms with Gasteiger partial charge in [-0.1, -0.05) is 23.7 Å². The van der Waals surface area contributed by atoms with E-state index in [4.69, 9.17) is 11.6 Å². The maximum Gasteiger partial charge on any atom is 0.140 e. The molecule has 3 aromatic rings. The second kappa shape index (κ2) is 5.48. The highest BCUT2D eigenvalue weighted by Gasteiger charge is 2.21. The zero-order valence-corrected chi connectivity index (χ0v) is 13.5. The van der Waals surface area contributed by atoms with Gasteiger partial charge in [-0.2, -0.15) is 12.6 Å². The van der Waals surface area contributed by atoms with Crippen LogP contribution in [0.5, 0.6) is 0 Å². The Bertz CT molecular complexity index is 799. The Labute approximate surface area is 138 Å². The Hall–Kier alpha value is -1.72. The largest absolute Gasteiger partial charge is 0.355 e. The number of imidazole rings is 1. The molecule has 1 saturated heterocycles. The molecule has 1 fully saturated rings. The molecule has 0 amide bonds. The van der Waals surface area contributed by atoms with E-state index in [1.165, 1.54) is 0 Å². The quantitative estimate of drug-likeness (QED) is 0.703. The third kappa shape index (κ3) is 2.44. The Morgan fingerprint density at radius 3 is 2.95 bits per heavy atom. The number of aromatic amines is 1. The van der Waals surface area contributed by atoms with Crippen molar-refractivity contribution >= 4 is 41.1 Å². The van der Waals surface area contributed by atoms with Crippen LogP contribution in [-0.4, -0.2) is 33.3 Å². The first-order chi connectivity index (χ1) is 10.7. The Kier molecular flexibility index (Phi) is 3.47. The number of H-pyrrole nitrogens is 1. The van der Waals surface area contributed by atoms with E-state index < -0.39 is 0 Å². The summed E-state index contributed by atoms with van der Waals surface area (Å²) in [6, 6.07) is 9.96. The third-order valence-electron chi connectivity index (χ3n) is 3.97. The number of aromatic nitrogens is 3. The van der Waals surface area contributed by atoms with Gasteiger partial charge >= 0.3 is 0 Å². The monoisotopic (exact) mass is 330 g/mol. The first-order valence-electron chi connectivity index (χ1n) is 7.24. The lowest BCUT2D eigenvalue weighted by molar-refractivity contribution is 0.938. The van der Waals surface area contributed by atoms with Crippen LogP contribution in [0.25, 0.3) is 22.4 Å². The van der Waals surface area contributed by atoms with Gasteiger partial charge in [0.05, 0.1) is 16.1 Å². The summed E-state index contributed by atoms with van der Waals surface area (Å²) in [4.78, 5) is 14.6. The highest BCUT2D eigenvalue weighted by atomic mass is 35.5. The molecule has 4 nitrogen and oxygen atoms in total. The first-order valence-corrected chi connectivity index (χ1v) is 8.14. The summed E-state index contributed by atoms with van der Waals surface area (Å²) in [6.45, 7) is 1.89. The van der Waals surface area contributed by atoms with Crippen molar-refractivity contribution in [3.63, 3.8) is 0 Å². The molecule has 22 heavy (non-hydrogen) atoms. The lowest BCUT2D eigenvalue weighted by Gasteiger charge is -2.17. The molecular formula is C16H15ClN4S. The van der Waals surface area contributed by atoms with Gasteiger partial charge in [0, 0.05) is 30.1 Å². The van der Waals surface area contributed by atoms with Gasteiger partial charge in [-0.05, 0) is 24.6 Å². The van der Waals surface area contributed by atoms with Gasteiger partial charge < -0.3 is 9.88 Å². The second-order valence-electron chi connectivity index (χ2n) is 5.51. The van der Waals surface area contributed by atoms with E-state index >= 15 is 0 Å². The van der Waals surface area contributed by atoms with Crippen LogP contribution >= 0.6 is 24.2 Å². The summed E-state index contributed by atoms with van der Waals surface area (Å²) < 4.78 is 0. The second-order valence-corrected chi connectivity index (χ2v) is 6.65. The summed E-state index contributed by atoms with van der Waals surface area (Å²) in [5.74, 6) is 1.70. The van der Waals surface area contributed by atoms with Gasteiger partial charge in [0.15, 0.2) is 0 Å². The molecule has 112 valence electrons. The summed E-state index contributed by atoms with van der Waals surface area (Å²) in [6.07, 6.45) is 2.78. The highest BCUT2D eigenvalue weighted by Crippen LogP contribution is 2.31. The van der Waals surface area contributed by atoms with Crippen LogP contribution in [0.15, 0.2) is 36.5 Å². The number of fused-ring (bicyclic) bond motifs is 1. The molecular weight excluding hydrogens is 316 g/mol. The van der Waals surface area contributed by atoms with Crippen molar-refractivity contribution in [2.75, 3.05) is 18.0 Å². The van der Waals surface area contributed by atoms with Crippen LogP contribution in [0.2, 0.25) is 5.02 Å². The third-order valence-corrected chi connectivity index (χ3v) is 4.70. The predicted octanol–water partition coefficient (Wildman–Crippen LogP) is 3.79. The average molecular weight is 331 g/mol. The Morgan fingerprint density at radius 2 is 2.18 bits per heavy atom. The molecule has 3 heterocycles. The zero-order valence-electron chi connectivity index (χ0n) is 11.8. The molecule has 2 aromatic heterocycles. The normalized spacial score (nSPS) is 18.3. The number of hydrogen-bond donors (Lipinski definition) is 2. The van der Waals surface area contributed by atoms with Crippen LogP contribution in [0.3, 0.4) is 0 Å².